The molecule has 3 aromatic rings. The van der Waals surface area contributed by atoms with Crippen molar-refractivity contribution in [3.63, 3.8) is 0 Å². The van der Waals surface area contributed by atoms with Crippen LogP contribution in [0.4, 0.5) is 0 Å². The summed E-state index contributed by atoms with van der Waals surface area (Å²) in [5.74, 6) is -0.261. The monoisotopic (exact) mass is 430 g/mol. The second kappa shape index (κ2) is 8.47. The van der Waals surface area contributed by atoms with E-state index in [-0.39, 0.29) is 24.8 Å². The fourth-order valence-electron chi connectivity index (χ4n) is 2.75. The minimum absolute atomic E-state index is 0.00659. The van der Waals surface area contributed by atoms with Crippen LogP contribution < -0.4 is 5.32 Å². The van der Waals surface area contributed by atoms with Crippen LogP contribution in [0.15, 0.2) is 58.4 Å². The fraction of sp³-hybridized carbons (Fsp3) is 0.200. The number of nitrogens with one attached hydrogen (secondary N) is 1. The highest BCUT2D eigenvalue weighted by molar-refractivity contribution is 9.11. The summed E-state index contributed by atoms with van der Waals surface area (Å²) >= 11 is 5.01. The maximum absolute atomic E-state index is 12.3. The zero-order valence-corrected chi connectivity index (χ0v) is 16.8. The average molecular weight is 431 g/mol. The minimum Gasteiger partial charge on any atom is -0.347 e. The van der Waals surface area contributed by atoms with Gasteiger partial charge in [-0.15, -0.1) is 11.3 Å². The van der Waals surface area contributed by atoms with Crippen molar-refractivity contribution in [1.82, 2.24) is 10.2 Å². The smallest absolute Gasteiger partial charge is 0.242 e. The molecule has 26 heavy (non-hydrogen) atoms. The lowest BCUT2D eigenvalue weighted by molar-refractivity contribution is -0.132. The van der Waals surface area contributed by atoms with Gasteiger partial charge in [-0.3, -0.25) is 9.59 Å². The summed E-state index contributed by atoms with van der Waals surface area (Å²) in [5.41, 5.74) is 0.963. The first-order valence-electron chi connectivity index (χ1n) is 8.24. The van der Waals surface area contributed by atoms with E-state index in [9.17, 15) is 9.59 Å². The molecule has 4 nitrogen and oxygen atoms in total. The van der Waals surface area contributed by atoms with Crippen LogP contribution in [-0.2, 0) is 22.6 Å². The number of carbonyl (C=O) groups excluding carboxylic acids is 2. The van der Waals surface area contributed by atoms with Crippen LogP contribution in [0.25, 0.3) is 10.8 Å². The van der Waals surface area contributed by atoms with Crippen LogP contribution >= 0.6 is 27.3 Å². The van der Waals surface area contributed by atoms with Gasteiger partial charge in [0.2, 0.25) is 11.8 Å². The Kier molecular flexibility index (Phi) is 6.06. The van der Waals surface area contributed by atoms with Gasteiger partial charge in [0.1, 0.15) is 0 Å². The lowest BCUT2D eigenvalue weighted by Crippen LogP contribution is -2.38. The molecule has 0 unspecified atom stereocenters. The molecule has 2 amide bonds. The van der Waals surface area contributed by atoms with E-state index in [0.29, 0.717) is 6.54 Å². The van der Waals surface area contributed by atoms with Gasteiger partial charge >= 0.3 is 0 Å². The molecule has 0 saturated carbocycles. The number of carbonyl (C=O) groups is 2. The molecule has 1 heterocycles. The van der Waals surface area contributed by atoms with Crippen molar-refractivity contribution in [1.29, 1.82) is 0 Å². The molecule has 134 valence electrons. The van der Waals surface area contributed by atoms with Crippen molar-refractivity contribution >= 4 is 49.9 Å². The number of likely N-dealkylation sites (N-methyl/N-ethyl adjacent to an activating group) is 1. The van der Waals surface area contributed by atoms with Gasteiger partial charge in [0.15, 0.2) is 0 Å². The Morgan fingerprint density at radius 2 is 1.85 bits per heavy atom. The van der Waals surface area contributed by atoms with Crippen LogP contribution in [0, 0.1) is 0 Å². The summed E-state index contributed by atoms with van der Waals surface area (Å²) < 4.78 is 1.04. The van der Waals surface area contributed by atoms with E-state index in [1.54, 1.807) is 23.3 Å². The molecule has 0 spiro atoms. The van der Waals surface area contributed by atoms with Gasteiger partial charge in [0.25, 0.3) is 0 Å². The van der Waals surface area contributed by atoms with E-state index < -0.39 is 0 Å². The third kappa shape index (κ3) is 4.71. The molecule has 0 radical (unpaired) electrons. The standard InChI is InChI=1S/C20H19BrN2O2S/c1-23(13-16-9-10-18(21)26-16)20(25)12-22-19(24)11-15-7-4-6-14-5-2-3-8-17(14)15/h2-10H,11-13H2,1H3,(H,22,24). The Bertz CT molecular complexity index is 933. The Hall–Kier alpha value is -2.18. The molecule has 6 heteroatoms. The highest BCUT2D eigenvalue weighted by atomic mass is 79.9. The van der Waals surface area contributed by atoms with Crippen molar-refractivity contribution in [3.8, 4) is 0 Å². The number of nitrogens with zero attached hydrogens (tertiary/aromatic N) is 1. The maximum Gasteiger partial charge on any atom is 0.242 e. The molecular formula is C20H19BrN2O2S. The Balaban J connectivity index is 1.54. The Morgan fingerprint density at radius 1 is 1.08 bits per heavy atom. The number of hydrogen-bond acceptors (Lipinski definition) is 3. The van der Waals surface area contributed by atoms with E-state index in [1.807, 2.05) is 54.6 Å². The van der Waals surface area contributed by atoms with E-state index in [1.165, 1.54) is 0 Å². The molecule has 0 saturated heterocycles. The van der Waals surface area contributed by atoms with Crippen LogP contribution in [-0.4, -0.2) is 30.3 Å². The lowest BCUT2D eigenvalue weighted by atomic mass is 10.0. The molecule has 0 fully saturated rings. The number of halogens is 1. The number of thiophene rings is 1. The van der Waals surface area contributed by atoms with Gasteiger partial charge in [-0.2, -0.15) is 0 Å². The van der Waals surface area contributed by atoms with Crippen LogP contribution in [0.3, 0.4) is 0 Å². The molecule has 0 aliphatic heterocycles. The largest absolute Gasteiger partial charge is 0.347 e. The van der Waals surface area contributed by atoms with Crippen LogP contribution in [0.5, 0.6) is 0 Å². The topological polar surface area (TPSA) is 49.4 Å². The molecule has 2 aromatic carbocycles. The fourth-order valence-corrected chi connectivity index (χ4v) is 4.29. The summed E-state index contributed by atoms with van der Waals surface area (Å²) in [6.07, 6.45) is 0.260. The summed E-state index contributed by atoms with van der Waals surface area (Å²) in [7, 11) is 1.74. The highest BCUT2D eigenvalue weighted by Crippen LogP contribution is 2.23. The first-order valence-corrected chi connectivity index (χ1v) is 9.85. The first kappa shape index (κ1) is 18.6. The highest BCUT2D eigenvalue weighted by Gasteiger charge is 2.13. The quantitative estimate of drug-likeness (QED) is 0.642. The second-order valence-corrected chi connectivity index (χ2v) is 8.59. The van der Waals surface area contributed by atoms with Gasteiger partial charge in [-0.05, 0) is 44.4 Å². The number of amides is 2. The molecular weight excluding hydrogens is 412 g/mol. The van der Waals surface area contributed by atoms with E-state index in [0.717, 1.165) is 25.0 Å². The van der Waals surface area contributed by atoms with Crippen LogP contribution in [0.1, 0.15) is 10.4 Å². The lowest BCUT2D eigenvalue weighted by Gasteiger charge is -2.16. The zero-order valence-electron chi connectivity index (χ0n) is 14.4. The summed E-state index contributed by atoms with van der Waals surface area (Å²) in [4.78, 5) is 27.2. The van der Waals surface area contributed by atoms with Gasteiger partial charge in [-0.1, -0.05) is 42.5 Å². The summed E-state index contributed by atoms with van der Waals surface area (Å²) in [5, 5.41) is 4.91. The van der Waals surface area contributed by atoms with Gasteiger partial charge in [0, 0.05) is 11.9 Å². The predicted molar refractivity (Wildman–Crippen MR) is 109 cm³/mol. The van der Waals surface area contributed by atoms with Crippen molar-refractivity contribution in [3.05, 3.63) is 68.8 Å². The number of fused-ring (bicyclic) bond motifs is 1. The second-order valence-electron chi connectivity index (χ2n) is 6.05. The molecule has 1 N–H and O–H groups in total. The Morgan fingerprint density at radius 3 is 2.62 bits per heavy atom. The third-order valence-electron chi connectivity index (χ3n) is 4.12. The van der Waals surface area contributed by atoms with E-state index >= 15 is 0 Å². The molecule has 3 rings (SSSR count). The molecule has 0 atom stereocenters. The molecule has 0 aliphatic carbocycles. The van der Waals surface area contributed by atoms with Crippen molar-refractivity contribution < 1.29 is 9.59 Å². The normalized spacial score (nSPS) is 10.7. The number of rotatable bonds is 6. The first-order chi connectivity index (χ1) is 12.5. The van der Waals surface area contributed by atoms with E-state index in [4.69, 9.17) is 0 Å². The van der Waals surface area contributed by atoms with Gasteiger partial charge in [-0.25, -0.2) is 0 Å². The third-order valence-corrected chi connectivity index (χ3v) is 5.72. The molecule has 0 aliphatic rings. The molecule has 0 bridgehead atoms. The maximum atomic E-state index is 12.3. The molecule has 1 aromatic heterocycles. The van der Waals surface area contributed by atoms with Crippen LogP contribution in [0.2, 0.25) is 0 Å². The van der Waals surface area contributed by atoms with Gasteiger partial charge in [0.05, 0.1) is 23.3 Å². The van der Waals surface area contributed by atoms with Crippen molar-refractivity contribution in [2.75, 3.05) is 13.6 Å². The van der Waals surface area contributed by atoms with Crippen molar-refractivity contribution in [2.45, 2.75) is 13.0 Å². The summed E-state index contributed by atoms with van der Waals surface area (Å²) in [6.45, 7) is 0.543. The van der Waals surface area contributed by atoms with Crippen molar-refractivity contribution in [2.24, 2.45) is 0 Å². The van der Waals surface area contributed by atoms with Gasteiger partial charge < -0.3 is 10.2 Å². The van der Waals surface area contributed by atoms with E-state index in [2.05, 4.69) is 21.2 Å². The summed E-state index contributed by atoms with van der Waals surface area (Å²) in [6, 6.07) is 17.8. The SMILES string of the molecule is CN(Cc1ccc(Br)s1)C(=O)CNC(=O)Cc1cccc2ccccc12. The Labute approximate surface area is 165 Å². The minimum atomic E-state index is -0.151. The zero-order chi connectivity index (χ0) is 18.5. The number of hydrogen-bond donors (Lipinski definition) is 1. The predicted octanol–water partition coefficient (Wildman–Crippen LogP) is 3.98. The average Bonchev–Trinajstić information content (AvgIpc) is 3.04. The number of benzene rings is 2.